The fraction of sp³-hybridized carbons (Fsp3) is 0.0909. The predicted molar refractivity (Wildman–Crippen MR) is 111 cm³/mol. The van der Waals surface area contributed by atoms with E-state index in [1.165, 1.54) is 12.1 Å². The monoisotopic (exact) mass is 389 g/mol. The van der Waals surface area contributed by atoms with Crippen LogP contribution < -0.4 is 10.2 Å². The molecule has 0 aromatic heterocycles. The Morgan fingerprint density at radius 3 is 2.38 bits per heavy atom. The van der Waals surface area contributed by atoms with Crippen molar-refractivity contribution >= 4 is 17.3 Å². The van der Waals surface area contributed by atoms with Crippen LogP contribution in [-0.4, -0.2) is 23.1 Å². The van der Waals surface area contributed by atoms with Crippen LogP contribution in [0.15, 0.2) is 84.0 Å². The van der Waals surface area contributed by atoms with Crippen LogP contribution in [0.3, 0.4) is 0 Å². The number of ether oxygens (including phenoxy) is 1. The van der Waals surface area contributed by atoms with Gasteiger partial charge in [0.2, 0.25) is 0 Å². The maximum absolute atomic E-state index is 12.0. The molecule has 3 aromatic carbocycles. The molecule has 0 fully saturated rings. The highest BCUT2D eigenvalue weighted by Crippen LogP contribution is 2.22. The molecule has 0 saturated carbocycles. The third-order valence-corrected chi connectivity index (χ3v) is 4.15. The van der Waals surface area contributed by atoms with E-state index < -0.39 is 10.8 Å². The van der Waals surface area contributed by atoms with E-state index in [0.29, 0.717) is 17.0 Å². The molecule has 0 heterocycles. The Labute approximate surface area is 167 Å². The summed E-state index contributed by atoms with van der Waals surface area (Å²) in [4.78, 5) is 22.3. The number of hydrogen-bond donors (Lipinski definition) is 1. The average molecular weight is 389 g/mol. The van der Waals surface area contributed by atoms with Gasteiger partial charge in [0.15, 0.2) is 6.61 Å². The molecule has 0 saturated heterocycles. The molecule has 146 valence electrons. The van der Waals surface area contributed by atoms with E-state index in [9.17, 15) is 14.9 Å². The number of nitrogens with zero attached hydrogens (tertiary/aromatic N) is 2. The van der Waals surface area contributed by atoms with Gasteiger partial charge in [0.25, 0.3) is 11.6 Å². The second-order valence-electron chi connectivity index (χ2n) is 6.22. The zero-order valence-electron chi connectivity index (χ0n) is 15.7. The molecule has 3 aromatic rings. The van der Waals surface area contributed by atoms with Crippen molar-refractivity contribution in [3.8, 4) is 16.9 Å². The number of nitro groups is 1. The van der Waals surface area contributed by atoms with Crippen LogP contribution in [0, 0.1) is 10.1 Å². The van der Waals surface area contributed by atoms with Gasteiger partial charge in [-0.15, -0.1) is 0 Å². The van der Waals surface area contributed by atoms with Gasteiger partial charge in [-0.2, -0.15) is 5.10 Å². The molecule has 0 spiro atoms. The van der Waals surface area contributed by atoms with E-state index in [0.717, 1.165) is 11.1 Å². The lowest BCUT2D eigenvalue weighted by Gasteiger charge is -2.07. The minimum atomic E-state index is -0.480. The van der Waals surface area contributed by atoms with E-state index in [4.69, 9.17) is 4.74 Å². The van der Waals surface area contributed by atoms with Gasteiger partial charge in [0, 0.05) is 17.7 Å². The summed E-state index contributed by atoms with van der Waals surface area (Å²) in [6.45, 7) is 1.46. The van der Waals surface area contributed by atoms with Crippen LogP contribution in [0.1, 0.15) is 12.5 Å². The fourth-order valence-electron chi connectivity index (χ4n) is 2.61. The van der Waals surface area contributed by atoms with E-state index in [2.05, 4.69) is 10.5 Å². The SMILES string of the molecule is C/C(=N\NC(=O)COc1ccc(-c2ccccc2)cc1)c1cccc([N+](=O)[O-])c1. The summed E-state index contributed by atoms with van der Waals surface area (Å²) >= 11 is 0. The van der Waals surface area contributed by atoms with Crippen molar-refractivity contribution in [2.24, 2.45) is 5.10 Å². The molecule has 3 rings (SSSR count). The van der Waals surface area contributed by atoms with Gasteiger partial charge in [0.05, 0.1) is 10.6 Å². The van der Waals surface area contributed by atoms with Gasteiger partial charge >= 0.3 is 0 Å². The lowest BCUT2D eigenvalue weighted by atomic mass is 10.1. The topological polar surface area (TPSA) is 93.8 Å². The summed E-state index contributed by atoms with van der Waals surface area (Å²) in [5.74, 6) is 0.140. The minimum Gasteiger partial charge on any atom is -0.484 e. The summed E-state index contributed by atoms with van der Waals surface area (Å²) in [6, 6.07) is 23.4. The van der Waals surface area contributed by atoms with E-state index >= 15 is 0 Å². The number of nitro benzene ring substituents is 1. The Kier molecular flexibility index (Phi) is 6.32. The third-order valence-electron chi connectivity index (χ3n) is 4.15. The Bertz CT molecular complexity index is 1030. The molecule has 7 heteroatoms. The smallest absolute Gasteiger partial charge is 0.277 e. The lowest BCUT2D eigenvalue weighted by molar-refractivity contribution is -0.384. The number of carbonyl (C=O) groups is 1. The first-order valence-electron chi connectivity index (χ1n) is 8.89. The van der Waals surface area contributed by atoms with Crippen molar-refractivity contribution in [1.82, 2.24) is 5.43 Å². The molecule has 0 radical (unpaired) electrons. The maximum atomic E-state index is 12.0. The van der Waals surface area contributed by atoms with Gasteiger partial charge in [-0.05, 0) is 30.2 Å². The summed E-state index contributed by atoms with van der Waals surface area (Å²) in [6.07, 6.45) is 0. The van der Waals surface area contributed by atoms with Gasteiger partial charge in [-0.3, -0.25) is 14.9 Å². The average Bonchev–Trinajstić information content (AvgIpc) is 2.77. The number of non-ortho nitro benzene ring substituents is 1. The van der Waals surface area contributed by atoms with Crippen LogP contribution in [0.2, 0.25) is 0 Å². The van der Waals surface area contributed by atoms with Crippen LogP contribution in [0.4, 0.5) is 5.69 Å². The third kappa shape index (κ3) is 5.49. The second-order valence-corrected chi connectivity index (χ2v) is 6.22. The van der Waals surface area contributed by atoms with E-state index in [-0.39, 0.29) is 12.3 Å². The van der Waals surface area contributed by atoms with E-state index in [1.54, 1.807) is 31.2 Å². The Balaban J connectivity index is 1.54. The van der Waals surface area contributed by atoms with Gasteiger partial charge < -0.3 is 4.74 Å². The van der Waals surface area contributed by atoms with Crippen LogP contribution >= 0.6 is 0 Å². The highest BCUT2D eigenvalue weighted by molar-refractivity contribution is 5.99. The quantitative estimate of drug-likeness (QED) is 0.373. The number of amides is 1. The summed E-state index contributed by atoms with van der Waals surface area (Å²) in [7, 11) is 0. The first kappa shape index (κ1) is 19.8. The highest BCUT2D eigenvalue weighted by Gasteiger charge is 2.08. The van der Waals surface area contributed by atoms with Crippen LogP contribution in [0.25, 0.3) is 11.1 Å². The Morgan fingerprint density at radius 2 is 1.69 bits per heavy atom. The molecular weight excluding hydrogens is 370 g/mol. The number of carbonyl (C=O) groups excluding carboxylic acids is 1. The van der Waals surface area contributed by atoms with Gasteiger partial charge in [0.1, 0.15) is 5.75 Å². The molecule has 0 aliphatic heterocycles. The van der Waals surface area contributed by atoms with Crippen LogP contribution in [-0.2, 0) is 4.79 Å². The first-order chi connectivity index (χ1) is 14.0. The van der Waals surface area contributed by atoms with Crippen molar-refractivity contribution in [3.05, 3.63) is 94.5 Å². The van der Waals surface area contributed by atoms with Gasteiger partial charge in [-0.25, -0.2) is 5.43 Å². The zero-order valence-corrected chi connectivity index (χ0v) is 15.7. The van der Waals surface area contributed by atoms with Crippen molar-refractivity contribution in [3.63, 3.8) is 0 Å². The Hall–Kier alpha value is -4.00. The molecular formula is C22H19N3O4. The molecule has 1 N–H and O–H groups in total. The van der Waals surface area contributed by atoms with Crippen LogP contribution in [0.5, 0.6) is 5.75 Å². The summed E-state index contributed by atoms with van der Waals surface area (Å²) in [5, 5.41) is 14.8. The standard InChI is InChI=1S/C22H19N3O4/c1-16(19-8-5-9-20(14-19)25(27)28)23-24-22(26)15-29-21-12-10-18(11-13-21)17-6-3-2-4-7-17/h2-14H,15H2,1H3,(H,24,26)/b23-16+. The Morgan fingerprint density at radius 1 is 1.00 bits per heavy atom. The van der Waals surface area contributed by atoms with E-state index in [1.807, 2.05) is 42.5 Å². The summed E-state index contributed by atoms with van der Waals surface area (Å²) < 4.78 is 5.48. The zero-order chi connectivity index (χ0) is 20.6. The molecule has 0 atom stereocenters. The molecule has 29 heavy (non-hydrogen) atoms. The maximum Gasteiger partial charge on any atom is 0.277 e. The number of hydrazone groups is 1. The molecule has 0 unspecified atom stereocenters. The molecule has 1 amide bonds. The minimum absolute atomic E-state index is 0.0364. The van der Waals surface area contributed by atoms with Crippen molar-refractivity contribution in [2.45, 2.75) is 6.92 Å². The van der Waals surface area contributed by atoms with Crippen molar-refractivity contribution in [1.29, 1.82) is 0 Å². The lowest BCUT2D eigenvalue weighted by Crippen LogP contribution is -2.25. The molecule has 7 nitrogen and oxygen atoms in total. The molecule has 0 aliphatic carbocycles. The number of nitrogens with one attached hydrogen (secondary N) is 1. The number of hydrogen-bond acceptors (Lipinski definition) is 5. The fourth-order valence-corrected chi connectivity index (χ4v) is 2.61. The number of benzene rings is 3. The highest BCUT2D eigenvalue weighted by atomic mass is 16.6. The van der Waals surface area contributed by atoms with Crippen molar-refractivity contribution in [2.75, 3.05) is 6.61 Å². The molecule has 0 bridgehead atoms. The molecule has 0 aliphatic rings. The number of rotatable bonds is 7. The second kappa shape index (κ2) is 9.27. The first-order valence-corrected chi connectivity index (χ1v) is 8.89. The van der Waals surface area contributed by atoms with Gasteiger partial charge in [-0.1, -0.05) is 54.6 Å². The summed E-state index contributed by atoms with van der Waals surface area (Å²) in [5.41, 5.74) is 5.52. The predicted octanol–water partition coefficient (Wildman–Crippen LogP) is 4.18. The van der Waals surface area contributed by atoms with Crippen molar-refractivity contribution < 1.29 is 14.5 Å². The normalized spacial score (nSPS) is 11.0. The largest absolute Gasteiger partial charge is 0.484 e.